The van der Waals surface area contributed by atoms with Crippen LogP contribution in [0, 0.1) is 0 Å². The number of halogens is 4. The molecule has 0 aliphatic carbocycles. The Bertz CT molecular complexity index is 593. The zero-order chi connectivity index (χ0) is 14.7. The van der Waals surface area contributed by atoms with Crippen molar-refractivity contribution in [3.63, 3.8) is 0 Å². The molecular weight excluding hydrogens is 336 g/mol. The van der Waals surface area contributed by atoms with E-state index in [1.165, 1.54) is 0 Å². The average molecular weight is 349 g/mol. The van der Waals surface area contributed by atoms with Gasteiger partial charge in [-0.05, 0) is 36.8 Å². The van der Waals surface area contributed by atoms with Crippen LogP contribution in [0.4, 0.5) is 0 Å². The maximum atomic E-state index is 6.14. The lowest BCUT2D eigenvalue weighted by Gasteiger charge is -2.16. The Kier molecular flexibility index (Phi) is 5.59. The first-order valence-electron chi connectivity index (χ1n) is 6.10. The summed E-state index contributed by atoms with van der Waals surface area (Å²) in [5, 5.41) is 5.79. The van der Waals surface area contributed by atoms with Crippen LogP contribution in [-0.4, -0.2) is 0 Å². The second-order valence-electron chi connectivity index (χ2n) is 4.48. The van der Waals surface area contributed by atoms with Gasteiger partial charge in [0.25, 0.3) is 0 Å². The molecular formula is C15H13Cl4N. The highest BCUT2D eigenvalue weighted by Crippen LogP contribution is 2.27. The van der Waals surface area contributed by atoms with Crippen LogP contribution in [-0.2, 0) is 6.54 Å². The molecule has 0 aromatic heterocycles. The smallest absolute Gasteiger partial charge is 0.0595 e. The molecule has 2 aromatic rings. The minimum absolute atomic E-state index is 0.108. The van der Waals surface area contributed by atoms with E-state index in [2.05, 4.69) is 5.32 Å². The normalized spacial score (nSPS) is 12.4. The SMILES string of the molecule is CC(NCc1c(Cl)cccc1Cl)c1ccc(Cl)c(Cl)c1. The van der Waals surface area contributed by atoms with E-state index in [4.69, 9.17) is 46.4 Å². The fraction of sp³-hybridized carbons (Fsp3) is 0.200. The van der Waals surface area contributed by atoms with Gasteiger partial charge in [-0.1, -0.05) is 58.5 Å². The van der Waals surface area contributed by atoms with E-state index in [0.717, 1.165) is 11.1 Å². The largest absolute Gasteiger partial charge is 0.306 e. The number of hydrogen-bond acceptors (Lipinski definition) is 1. The fourth-order valence-electron chi connectivity index (χ4n) is 1.86. The summed E-state index contributed by atoms with van der Waals surface area (Å²) in [7, 11) is 0. The van der Waals surface area contributed by atoms with E-state index < -0.39 is 0 Å². The van der Waals surface area contributed by atoms with Crippen molar-refractivity contribution < 1.29 is 0 Å². The Morgan fingerprint density at radius 2 is 1.55 bits per heavy atom. The predicted molar refractivity (Wildman–Crippen MR) is 88.2 cm³/mol. The summed E-state index contributed by atoms with van der Waals surface area (Å²) < 4.78 is 0. The summed E-state index contributed by atoms with van der Waals surface area (Å²) in [5.41, 5.74) is 1.95. The summed E-state index contributed by atoms with van der Waals surface area (Å²) in [6.07, 6.45) is 0. The van der Waals surface area contributed by atoms with Crippen molar-refractivity contribution in [3.05, 3.63) is 67.6 Å². The minimum atomic E-state index is 0.108. The minimum Gasteiger partial charge on any atom is -0.306 e. The second-order valence-corrected chi connectivity index (χ2v) is 6.11. The van der Waals surface area contributed by atoms with Crippen LogP contribution >= 0.6 is 46.4 Å². The van der Waals surface area contributed by atoms with Crippen molar-refractivity contribution in [1.29, 1.82) is 0 Å². The molecule has 0 amide bonds. The highest BCUT2D eigenvalue weighted by Gasteiger charge is 2.10. The van der Waals surface area contributed by atoms with Crippen molar-refractivity contribution in [2.45, 2.75) is 19.5 Å². The third kappa shape index (κ3) is 3.81. The zero-order valence-electron chi connectivity index (χ0n) is 10.8. The molecule has 0 aliphatic rings. The van der Waals surface area contributed by atoms with Gasteiger partial charge >= 0.3 is 0 Å². The van der Waals surface area contributed by atoms with Gasteiger partial charge in [-0.2, -0.15) is 0 Å². The van der Waals surface area contributed by atoms with Gasteiger partial charge < -0.3 is 5.32 Å². The molecule has 106 valence electrons. The molecule has 0 radical (unpaired) electrons. The Balaban J connectivity index is 2.08. The summed E-state index contributed by atoms with van der Waals surface area (Å²) in [5.74, 6) is 0. The van der Waals surface area contributed by atoms with Crippen molar-refractivity contribution >= 4 is 46.4 Å². The van der Waals surface area contributed by atoms with Gasteiger partial charge in [-0.25, -0.2) is 0 Å². The van der Waals surface area contributed by atoms with Crippen LogP contribution in [0.1, 0.15) is 24.1 Å². The highest BCUT2D eigenvalue weighted by molar-refractivity contribution is 6.42. The third-order valence-corrected chi connectivity index (χ3v) is 4.54. The molecule has 1 N–H and O–H groups in total. The van der Waals surface area contributed by atoms with Crippen molar-refractivity contribution in [2.75, 3.05) is 0 Å². The lowest BCUT2D eigenvalue weighted by Crippen LogP contribution is -2.18. The van der Waals surface area contributed by atoms with Gasteiger partial charge in [0, 0.05) is 28.2 Å². The second kappa shape index (κ2) is 7.02. The molecule has 1 atom stereocenters. The molecule has 0 heterocycles. The molecule has 0 aliphatic heterocycles. The van der Waals surface area contributed by atoms with E-state index in [0.29, 0.717) is 26.6 Å². The lowest BCUT2D eigenvalue weighted by atomic mass is 10.1. The molecule has 2 rings (SSSR count). The van der Waals surface area contributed by atoms with Crippen LogP contribution in [0.5, 0.6) is 0 Å². The van der Waals surface area contributed by atoms with E-state index >= 15 is 0 Å². The first-order chi connectivity index (χ1) is 9.49. The van der Waals surface area contributed by atoms with Crippen molar-refractivity contribution in [2.24, 2.45) is 0 Å². The number of hydrogen-bond donors (Lipinski definition) is 1. The maximum Gasteiger partial charge on any atom is 0.0595 e. The highest BCUT2D eigenvalue weighted by atomic mass is 35.5. The molecule has 5 heteroatoms. The monoisotopic (exact) mass is 347 g/mol. The number of rotatable bonds is 4. The summed E-state index contributed by atoms with van der Waals surface area (Å²) in [4.78, 5) is 0. The molecule has 0 spiro atoms. The number of benzene rings is 2. The molecule has 1 unspecified atom stereocenters. The summed E-state index contributed by atoms with van der Waals surface area (Å²) >= 11 is 24.2. The van der Waals surface area contributed by atoms with Crippen LogP contribution in [0.2, 0.25) is 20.1 Å². The van der Waals surface area contributed by atoms with Gasteiger partial charge in [0.15, 0.2) is 0 Å². The van der Waals surface area contributed by atoms with Crippen molar-refractivity contribution in [1.82, 2.24) is 5.32 Å². The topological polar surface area (TPSA) is 12.0 Å². The maximum absolute atomic E-state index is 6.14. The quantitative estimate of drug-likeness (QED) is 0.698. The molecule has 0 fully saturated rings. The molecule has 0 bridgehead atoms. The van der Waals surface area contributed by atoms with Crippen LogP contribution in [0.15, 0.2) is 36.4 Å². The third-order valence-electron chi connectivity index (χ3n) is 3.09. The fourth-order valence-corrected chi connectivity index (χ4v) is 2.69. The van der Waals surface area contributed by atoms with Gasteiger partial charge in [-0.15, -0.1) is 0 Å². The lowest BCUT2D eigenvalue weighted by molar-refractivity contribution is 0.575. The molecule has 1 nitrogen and oxygen atoms in total. The molecule has 0 saturated carbocycles. The molecule has 20 heavy (non-hydrogen) atoms. The van der Waals surface area contributed by atoms with E-state index in [-0.39, 0.29) is 6.04 Å². The molecule has 0 saturated heterocycles. The van der Waals surface area contributed by atoms with Crippen LogP contribution in [0.3, 0.4) is 0 Å². The van der Waals surface area contributed by atoms with Gasteiger partial charge in [0.2, 0.25) is 0 Å². The first kappa shape index (κ1) is 15.9. The van der Waals surface area contributed by atoms with Gasteiger partial charge in [0.1, 0.15) is 0 Å². The summed E-state index contributed by atoms with van der Waals surface area (Å²) in [6.45, 7) is 2.63. The Labute approximate surface area is 138 Å². The van der Waals surface area contributed by atoms with E-state index in [1.54, 1.807) is 6.07 Å². The van der Waals surface area contributed by atoms with E-state index in [1.807, 2.05) is 37.3 Å². The molecule has 2 aromatic carbocycles. The predicted octanol–water partition coefficient (Wildman–Crippen LogP) is 6.15. The Morgan fingerprint density at radius 1 is 0.900 bits per heavy atom. The standard InChI is InChI=1S/C15H13Cl4N/c1-9(10-5-6-14(18)15(19)7-10)20-8-11-12(16)3-2-4-13(11)17/h2-7,9,20H,8H2,1H3. The number of nitrogens with one attached hydrogen (secondary N) is 1. The van der Waals surface area contributed by atoms with Gasteiger partial charge in [-0.3, -0.25) is 0 Å². The summed E-state index contributed by atoms with van der Waals surface area (Å²) in [6, 6.07) is 11.2. The Morgan fingerprint density at radius 3 is 2.15 bits per heavy atom. The van der Waals surface area contributed by atoms with Gasteiger partial charge in [0.05, 0.1) is 10.0 Å². The van der Waals surface area contributed by atoms with Crippen LogP contribution < -0.4 is 5.32 Å². The average Bonchev–Trinajstić information content (AvgIpc) is 2.41. The Hall–Kier alpha value is -0.440. The van der Waals surface area contributed by atoms with Crippen LogP contribution in [0.25, 0.3) is 0 Å². The van der Waals surface area contributed by atoms with Crippen molar-refractivity contribution in [3.8, 4) is 0 Å². The van der Waals surface area contributed by atoms with E-state index in [9.17, 15) is 0 Å². The zero-order valence-corrected chi connectivity index (χ0v) is 13.8. The first-order valence-corrected chi connectivity index (χ1v) is 7.61.